The summed E-state index contributed by atoms with van der Waals surface area (Å²) in [6, 6.07) is 7.09. The minimum Gasteiger partial charge on any atom is -0.324 e. The summed E-state index contributed by atoms with van der Waals surface area (Å²) in [4.78, 5) is 26.2. The molecule has 4 nitrogen and oxygen atoms in total. The van der Waals surface area contributed by atoms with Crippen LogP contribution in [0.25, 0.3) is 21.7 Å². The number of amides is 1. The van der Waals surface area contributed by atoms with Gasteiger partial charge in [-0.15, -0.1) is 11.6 Å². The van der Waals surface area contributed by atoms with Crippen molar-refractivity contribution in [3.05, 3.63) is 51.8 Å². The molecular weight excluding hydrogens is 357 g/mol. The molecular formula is C17H12ClF3N2O2. The summed E-state index contributed by atoms with van der Waals surface area (Å²) >= 11 is 5.39. The second-order valence-electron chi connectivity index (χ2n) is 5.57. The maximum Gasteiger partial charge on any atom is 0.418 e. The van der Waals surface area contributed by atoms with Crippen LogP contribution >= 0.6 is 11.6 Å². The quantitative estimate of drug-likeness (QED) is 0.526. The van der Waals surface area contributed by atoms with Crippen LogP contribution in [0.2, 0.25) is 0 Å². The molecule has 3 aromatic rings. The Hall–Kier alpha value is -2.54. The SMILES string of the molecule is Cc1cccc2c(=O)[nH]c3cc(C(F)(F)F)c(NC(=O)CCl)cc3c12. The molecule has 25 heavy (non-hydrogen) atoms. The third-order valence-electron chi connectivity index (χ3n) is 3.89. The molecule has 0 aliphatic rings. The molecule has 0 atom stereocenters. The first-order chi connectivity index (χ1) is 11.7. The van der Waals surface area contributed by atoms with E-state index in [1.165, 1.54) is 6.07 Å². The van der Waals surface area contributed by atoms with Crippen LogP contribution in [0.15, 0.2) is 35.1 Å². The highest BCUT2D eigenvalue weighted by Gasteiger charge is 2.34. The first-order valence-electron chi connectivity index (χ1n) is 7.24. The highest BCUT2D eigenvalue weighted by molar-refractivity contribution is 6.29. The van der Waals surface area contributed by atoms with Gasteiger partial charge in [-0.3, -0.25) is 9.59 Å². The summed E-state index contributed by atoms with van der Waals surface area (Å²) in [5, 5.41) is 3.48. The summed E-state index contributed by atoms with van der Waals surface area (Å²) in [6.45, 7) is 1.76. The largest absolute Gasteiger partial charge is 0.418 e. The highest BCUT2D eigenvalue weighted by Crippen LogP contribution is 2.38. The molecule has 2 aromatic carbocycles. The van der Waals surface area contributed by atoms with Crippen LogP contribution in [0.5, 0.6) is 0 Å². The number of carbonyl (C=O) groups excluding carboxylic acids is 1. The van der Waals surface area contributed by atoms with Gasteiger partial charge in [0.1, 0.15) is 5.88 Å². The maximum absolute atomic E-state index is 13.3. The van der Waals surface area contributed by atoms with Gasteiger partial charge in [0.05, 0.1) is 11.3 Å². The predicted octanol–water partition coefficient (Wildman–Crippen LogP) is 4.19. The number of aryl methyl sites for hydroxylation is 1. The fraction of sp³-hybridized carbons (Fsp3) is 0.176. The lowest BCUT2D eigenvalue weighted by molar-refractivity contribution is -0.136. The second kappa shape index (κ2) is 6.07. The van der Waals surface area contributed by atoms with E-state index in [0.717, 1.165) is 11.6 Å². The molecule has 0 spiro atoms. The van der Waals surface area contributed by atoms with Crippen molar-refractivity contribution in [2.75, 3.05) is 11.2 Å². The van der Waals surface area contributed by atoms with Crippen LogP contribution in [0.4, 0.5) is 18.9 Å². The molecule has 8 heteroatoms. The minimum atomic E-state index is -4.71. The normalized spacial score (nSPS) is 11.9. The third kappa shape index (κ3) is 3.07. The zero-order chi connectivity index (χ0) is 18.4. The number of carbonyl (C=O) groups is 1. The fourth-order valence-electron chi connectivity index (χ4n) is 2.84. The number of hydrogen-bond donors (Lipinski definition) is 2. The molecule has 1 aromatic heterocycles. The van der Waals surface area contributed by atoms with Crippen molar-refractivity contribution in [1.29, 1.82) is 0 Å². The molecule has 130 valence electrons. The van der Waals surface area contributed by atoms with E-state index >= 15 is 0 Å². The number of anilines is 1. The number of hydrogen-bond acceptors (Lipinski definition) is 2. The van der Waals surface area contributed by atoms with Crippen molar-refractivity contribution < 1.29 is 18.0 Å². The van der Waals surface area contributed by atoms with Crippen LogP contribution < -0.4 is 10.9 Å². The van der Waals surface area contributed by atoms with Gasteiger partial charge in [-0.05, 0) is 36.1 Å². The molecule has 3 rings (SSSR count). The first kappa shape index (κ1) is 17.3. The fourth-order valence-corrected chi connectivity index (χ4v) is 2.90. The van der Waals surface area contributed by atoms with Crippen molar-refractivity contribution in [3.63, 3.8) is 0 Å². The molecule has 0 aliphatic carbocycles. The Bertz CT molecular complexity index is 1060. The Morgan fingerprint density at radius 1 is 1.24 bits per heavy atom. The van der Waals surface area contributed by atoms with Gasteiger partial charge in [-0.2, -0.15) is 13.2 Å². The molecule has 1 heterocycles. The number of benzene rings is 2. The number of aromatic amines is 1. The predicted molar refractivity (Wildman–Crippen MR) is 91.2 cm³/mol. The van der Waals surface area contributed by atoms with Gasteiger partial charge in [0.15, 0.2) is 0 Å². The van der Waals surface area contributed by atoms with Gasteiger partial charge >= 0.3 is 6.18 Å². The lowest BCUT2D eigenvalue weighted by atomic mass is 9.99. The lowest BCUT2D eigenvalue weighted by Crippen LogP contribution is -2.18. The number of nitrogens with one attached hydrogen (secondary N) is 2. The lowest BCUT2D eigenvalue weighted by Gasteiger charge is -2.16. The van der Waals surface area contributed by atoms with Crippen molar-refractivity contribution in [3.8, 4) is 0 Å². The summed E-state index contributed by atoms with van der Waals surface area (Å²) in [5.74, 6) is -1.22. The molecule has 0 unspecified atom stereocenters. The van der Waals surface area contributed by atoms with Crippen LogP contribution in [0.1, 0.15) is 11.1 Å². The van der Waals surface area contributed by atoms with Gasteiger partial charge in [-0.25, -0.2) is 0 Å². The third-order valence-corrected chi connectivity index (χ3v) is 4.14. The van der Waals surface area contributed by atoms with Gasteiger partial charge in [0.2, 0.25) is 5.91 Å². The summed E-state index contributed by atoms with van der Waals surface area (Å²) in [5.41, 5.74) is -1.15. The second-order valence-corrected chi connectivity index (χ2v) is 5.84. The van der Waals surface area contributed by atoms with E-state index in [4.69, 9.17) is 11.6 Å². The van der Waals surface area contributed by atoms with Gasteiger partial charge in [-0.1, -0.05) is 12.1 Å². The summed E-state index contributed by atoms with van der Waals surface area (Å²) in [7, 11) is 0. The summed E-state index contributed by atoms with van der Waals surface area (Å²) in [6.07, 6.45) is -4.71. The molecule has 0 saturated carbocycles. The van der Waals surface area contributed by atoms with Crippen LogP contribution in [0.3, 0.4) is 0 Å². The molecule has 0 fully saturated rings. The van der Waals surface area contributed by atoms with Crippen molar-refractivity contribution in [2.45, 2.75) is 13.1 Å². The number of H-pyrrole nitrogens is 1. The summed E-state index contributed by atoms with van der Waals surface area (Å²) < 4.78 is 40.0. The monoisotopic (exact) mass is 368 g/mol. The Morgan fingerprint density at radius 3 is 2.60 bits per heavy atom. The van der Waals surface area contributed by atoms with E-state index in [1.807, 2.05) is 0 Å². The number of rotatable bonds is 2. The molecule has 0 radical (unpaired) electrons. The van der Waals surface area contributed by atoms with Gasteiger partial charge in [0, 0.05) is 16.3 Å². The molecule has 0 saturated heterocycles. The number of fused-ring (bicyclic) bond motifs is 3. The van der Waals surface area contributed by atoms with Crippen molar-refractivity contribution >= 4 is 44.9 Å². The highest BCUT2D eigenvalue weighted by atomic mass is 35.5. The Kier molecular flexibility index (Phi) is 4.20. The number of aromatic nitrogens is 1. The standard InChI is InChI=1S/C17H12ClF3N2O2/c1-8-3-2-4-9-15(8)10-5-13(22-14(24)7-18)11(17(19,20)21)6-12(10)23-16(9)25/h2-6H,7H2,1H3,(H,22,24)(H,23,25). The molecule has 0 bridgehead atoms. The topological polar surface area (TPSA) is 62.0 Å². The van der Waals surface area contributed by atoms with Crippen LogP contribution in [0, 0.1) is 6.92 Å². The number of pyridine rings is 1. The average Bonchev–Trinajstić information content (AvgIpc) is 2.54. The van der Waals surface area contributed by atoms with Gasteiger partial charge < -0.3 is 10.3 Å². The van der Waals surface area contributed by atoms with E-state index in [1.54, 1.807) is 25.1 Å². The number of alkyl halides is 4. The van der Waals surface area contributed by atoms with Crippen LogP contribution in [-0.4, -0.2) is 16.8 Å². The Labute approximate surface area is 144 Å². The molecule has 1 amide bonds. The first-order valence-corrected chi connectivity index (χ1v) is 7.78. The van der Waals surface area contributed by atoms with E-state index in [0.29, 0.717) is 16.2 Å². The van der Waals surface area contributed by atoms with Crippen LogP contribution in [-0.2, 0) is 11.0 Å². The maximum atomic E-state index is 13.3. The van der Waals surface area contributed by atoms with E-state index in [2.05, 4.69) is 10.3 Å². The molecule has 2 N–H and O–H groups in total. The van der Waals surface area contributed by atoms with Gasteiger partial charge in [0.25, 0.3) is 5.56 Å². The minimum absolute atomic E-state index is 0.0444. The smallest absolute Gasteiger partial charge is 0.324 e. The number of halogens is 4. The van der Waals surface area contributed by atoms with Crippen molar-refractivity contribution in [2.24, 2.45) is 0 Å². The van der Waals surface area contributed by atoms with E-state index in [9.17, 15) is 22.8 Å². The zero-order valence-corrected chi connectivity index (χ0v) is 13.7. The van der Waals surface area contributed by atoms with Crippen molar-refractivity contribution in [1.82, 2.24) is 4.98 Å². The average molecular weight is 369 g/mol. The van der Waals surface area contributed by atoms with E-state index < -0.39 is 34.8 Å². The van der Waals surface area contributed by atoms with E-state index in [-0.39, 0.29) is 5.52 Å². The Morgan fingerprint density at radius 2 is 1.96 bits per heavy atom. The zero-order valence-electron chi connectivity index (χ0n) is 12.9. The molecule has 0 aliphatic heterocycles. The Balaban J connectivity index is 2.44.